The lowest BCUT2D eigenvalue weighted by Gasteiger charge is -2.38. The van der Waals surface area contributed by atoms with E-state index in [1.165, 1.54) is 0 Å². The third-order valence-electron chi connectivity index (χ3n) is 4.92. The van der Waals surface area contributed by atoms with Gasteiger partial charge in [-0.1, -0.05) is 24.3 Å². The van der Waals surface area contributed by atoms with Gasteiger partial charge in [-0.2, -0.15) is 0 Å². The van der Waals surface area contributed by atoms with Crippen molar-refractivity contribution in [2.75, 3.05) is 6.54 Å². The van der Waals surface area contributed by atoms with Crippen molar-refractivity contribution in [1.82, 2.24) is 9.88 Å². The SMILES string of the molecule is NC(c1nc2ccccc2o1)C1CCCCN1C(=O)c1ccccc1I. The molecule has 1 aromatic heterocycles. The van der Waals surface area contributed by atoms with Crippen molar-refractivity contribution >= 4 is 39.6 Å². The Kier molecular flexibility index (Phi) is 4.95. The fraction of sp³-hybridized carbons (Fsp3) is 0.300. The van der Waals surface area contributed by atoms with E-state index in [4.69, 9.17) is 10.2 Å². The highest BCUT2D eigenvalue weighted by molar-refractivity contribution is 14.1. The lowest BCUT2D eigenvalue weighted by molar-refractivity contribution is 0.0560. The van der Waals surface area contributed by atoms with E-state index < -0.39 is 6.04 Å². The molecule has 2 heterocycles. The van der Waals surface area contributed by atoms with Crippen LogP contribution >= 0.6 is 22.6 Å². The summed E-state index contributed by atoms with van der Waals surface area (Å²) in [7, 11) is 0. The second kappa shape index (κ2) is 7.36. The van der Waals surface area contributed by atoms with Gasteiger partial charge in [0.25, 0.3) is 5.91 Å². The lowest BCUT2D eigenvalue weighted by Crippen LogP contribution is -2.49. The van der Waals surface area contributed by atoms with E-state index in [0.29, 0.717) is 12.4 Å². The van der Waals surface area contributed by atoms with Crippen molar-refractivity contribution in [3.63, 3.8) is 0 Å². The molecule has 0 saturated carbocycles. The Morgan fingerprint density at radius 3 is 2.77 bits per heavy atom. The Morgan fingerprint density at radius 1 is 1.19 bits per heavy atom. The zero-order chi connectivity index (χ0) is 18.1. The highest BCUT2D eigenvalue weighted by Crippen LogP contribution is 2.30. The summed E-state index contributed by atoms with van der Waals surface area (Å²) in [5.74, 6) is 0.532. The van der Waals surface area contributed by atoms with Gasteiger partial charge >= 0.3 is 0 Å². The quantitative estimate of drug-likeness (QED) is 0.596. The van der Waals surface area contributed by atoms with Gasteiger partial charge in [-0.15, -0.1) is 0 Å². The molecule has 0 aliphatic carbocycles. The highest BCUT2D eigenvalue weighted by Gasteiger charge is 2.35. The van der Waals surface area contributed by atoms with Crippen LogP contribution < -0.4 is 5.73 Å². The smallest absolute Gasteiger partial charge is 0.255 e. The number of hydrogen-bond acceptors (Lipinski definition) is 4. The highest BCUT2D eigenvalue weighted by atomic mass is 127. The van der Waals surface area contributed by atoms with Gasteiger partial charge < -0.3 is 15.1 Å². The molecule has 0 bridgehead atoms. The normalized spacial score (nSPS) is 18.8. The number of halogens is 1. The van der Waals surface area contributed by atoms with Gasteiger partial charge in [-0.3, -0.25) is 4.79 Å². The predicted octanol–water partition coefficient (Wildman–Crippen LogP) is 4.13. The number of benzene rings is 2. The van der Waals surface area contributed by atoms with E-state index in [1.807, 2.05) is 53.4 Å². The van der Waals surface area contributed by atoms with E-state index in [2.05, 4.69) is 27.6 Å². The first kappa shape index (κ1) is 17.5. The van der Waals surface area contributed by atoms with E-state index in [0.717, 1.165) is 39.5 Å². The molecule has 2 atom stereocenters. The fourth-order valence-corrected chi connectivity index (χ4v) is 4.19. The summed E-state index contributed by atoms with van der Waals surface area (Å²) >= 11 is 2.21. The van der Waals surface area contributed by atoms with Gasteiger partial charge in [-0.25, -0.2) is 4.98 Å². The first-order valence-electron chi connectivity index (χ1n) is 8.81. The molecule has 1 fully saturated rings. The molecule has 2 unspecified atom stereocenters. The van der Waals surface area contributed by atoms with Crippen LogP contribution in [0.2, 0.25) is 0 Å². The summed E-state index contributed by atoms with van der Waals surface area (Å²) in [4.78, 5) is 19.6. The molecule has 5 nitrogen and oxygen atoms in total. The van der Waals surface area contributed by atoms with E-state index in [-0.39, 0.29) is 11.9 Å². The molecule has 3 aromatic rings. The van der Waals surface area contributed by atoms with E-state index in [9.17, 15) is 4.79 Å². The number of aromatic nitrogens is 1. The van der Waals surface area contributed by atoms with Crippen LogP contribution in [0.15, 0.2) is 52.9 Å². The maximum Gasteiger partial charge on any atom is 0.255 e. The van der Waals surface area contributed by atoms with Gasteiger partial charge in [0.2, 0.25) is 5.89 Å². The number of carbonyl (C=O) groups is 1. The zero-order valence-corrected chi connectivity index (χ0v) is 16.4. The first-order chi connectivity index (χ1) is 12.6. The molecule has 1 aliphatic rings. The summed E-state index contributed by atoms with van der Waals surface area (Å²) in [5, 5.41) is 0. The molecule has 2 N–H and O–H groups in total. The summed E-state index contributed by atoms with van der Waals surface area (Å²) in [6.45, 7) is 0.711. The minimum absolute atomic E-state index is 0.0336. The van der Waals surface area contributed by atoms with E-state index in [1.54, 1.807) is 0 Å². The monoisotopic (exact) mass is 461 g/mol. The largest absolute Gasteiger partial charge is 0.439 e. The molecular formula is C20H20IN3O2. The van der Waals surface area contributed by atoms with Gasteiger partial charge in [0.1, 0.15) is 11.6 Å². The molecule has 0 radical (unpaired) electrons. The number of hydrogen-bond donors (Lipinski definition) is 1. The van der Waals surface area contributed by atoms with Gasteiger partial charge in [0, 0.05) is 10.1 Å². The van der Waals surface area contributed by atoms with Crippen molar-refractivity contribution < 1.29 is 9.21 Å². The minimum Gasteiger partial charge on any atom is -0.439 e. The molecule has 1 amide bonds. The number of nitrogens with zero attached hydrogens (tertiary/aromatic N) is 2. The number of rotatable bonds is 3. The number of oxazole rings is 1. The molecule has 0 spiro atoms. The van der Waals surface area contributed by atoms with Crippen LogP contribution in [0, 0.1) is 3.57 Å². The maximum atomic E-state index is 13.2. The standard InChI is InChI=1S/C20H20IN3O2/c21-14-8-2-1-7-13(14)20(25)24-12-6-5-10-16(24)18(22)19-23-15-9-3-4-11-17(15)26-19/h1-4,7-9,11,16,18H,5-6,10,12,22H2. The van der Waals surface area contributed by atoms with Crippen molar-refractivity contribution in [2.24, 2.45) is 5.73 Å². The summed E-state index contributed by atoms with van der Waals surface area (Å²) < 4.78 is 6.82. The Bertz CT molecular complexity index is 906. The van der Waals surface area contributed by atoms with Gasteiger partial charge in [0.15, 0.2) is 5.58 Å². The number of amides is 1. The first-order valence-corrected chi connectivity index (χ1v) is 9.89. The van der Waals surface area contributed by atoms with Crippen LogP contribution in [0.5, 0.6) is 0 Å². The molecule has 2 aromatic carbocycles. The zero-order valence-electron chi connectivity index (χ0n) is 14.3. The average Bonchev–Trinajstić information content (AvgIpc) is 3.11. The summed E-state index contributed by atoms with van der Waals surface area (Å²) in [6, 6.07) is 14.7. The number of nitrogens with two attached hydrogens (primary N) is 1. The molecular weight excluding hydrogens is 441 g/mol. The van der Waals surface area contributed by atoms with Crippen molar-refractivity contribution in [1.29, 1.82) is 0 Å². The van der Waals surface area contributed by atoms with Crippen molar-refractivity contribution in [2.45, 2.75) is 31.3 Å². The third kappa shape index (κ3) is 3.23. The van der Waals surface area contributed by atoms with Crippen LogP contribution in [0.3, 0.4) is 0 Å². The van der Waals surface area contributed by atoms with Crippen LogP contribution in [-0.4, -0.2) is 28.4 Å². The molecule has 26 heavy (non-hydrogen) atoms. The lowest BCUT2D eigenvalue weighted by atomic mass is 9.95. The fourth-order valence-electron chi connectivity index (χ4n) is 3.57. The van der Waals surface area contributed by atoms with Crippen LogP contribution in [0.1, 0.15) is 41.6 Å². The summed E-state index contributed by atoms with van der Waals surface area (Å²) in [6.07, 6.45) is 2.90. The Morgan fingerprint density at radius 2 is 1.96 bits per heavy atom. The Labute approximate surface area is 165 Å². The average molecular weight is 461 g/mol. The molecule has 1 saturated heterocycles. The topological polar surface area (TPSA) is 72.4 Å². The molecule has 4 rings (SSSR count). The number of piperidine rings is 1. The minimum atomic E-state index is -0.437. The molecule has 6 heteroatoms. The number of carbonyl (C=O) groups excluding carboxylic acids is 1. The van der Waals surface area contributed by atoms with Gasteiger partial charge in [0.05, 0.1) is 11.6 Å². The predicted molar refractivity (Wildman–Crippen MR) is 109 cm³/mol. The van der Waals surface area contributed by atoms with Crippen molar-refractivity contribution in [3.8, 4) is 0 Å². The second-order valence-electron chi connectivity index (χ2n) is 6.59. The van der Waals surface area contributed by atoms with Gasteiger partial charge in [-0.05, 0) is 66.1 Å². The third-order valence-corrected chi connectivity index (χ3v) is 5.87. The van der Waals surface area contributed by atoms with Crippen LogP contribution in [-0.2, 0) is 0 Å². The Balaban J connectivity index is 1.64. The Hall–Kier alpha value is -1.93. The second-order valence-corrected chi connectivity index (χ2v) is 7.75. The number of fused-ring (bicyclic) bond motifs is 1. The van der Waals surface area contributed by atoms with Crippen LogP contribution in [0.4, 0.5) is 0 Å². The molecule has 134 valence electrons. The summed E-state index contributed by atoms with van der Waals surface area (Å²) in [5.41, 5.74) is 8.77. The van der Waals surface area contributed by atoms with Crippen LogP contribution in [0.25, 0.3) is 11.1 Å². The van der Waals surface area contributed by atoms with E-state index >= 15 is 0 Å². The molecule has 1 aliphatic heterocycles. The number of likely N-dealkylation sites (tertiary alicyclic amines) is 1. The van der Waals surface area contributed by atoms with Crippen molar-refractivity contribution in [3.05, 3.63) is 63.6 Å². The number of para-hydroxylation sites is 2. The maximum absolute atomic E-state index is 13.2.